The smallest absolute Gasteiger partial charge is 0.244 e. The molecule has 2 amide bonds. The van der Waals surface area contributed by atoms with E-state index in [1.165, 1.54) is 17.0 Å². The molecule has 212 valence electrons. The van der Waals surface area contributed by atoms with Gasteiger partial charge >= 0.3 is 0 Å². The summed E-state index contributed by atoms with van der Waals surface area (Å²) in [4.78, 5) is 29.4. The highest BCUT2D eigenvalue weighted by atomic mass is 32.2. The molecule has 7 nitrogen and oxygen atoms in total. The number of nitrogens with one attached hydrogen (secondary N) is 1. The average molecular weight is 566 g/mol. The summed E-state index contributed by atoms with van der Waals surface area (Å²) in [6, 6.07) is 21.3. The summed E-state index contributed by atoms with van der Waals surface area (Å²) < 4.78 is 40.1. The Kier molecular flexibility index (Phi) is 9.58. The zero-order valence-electron chi connectivity index (χ0n) is 22.9. The van der Waals surface area contributed by atoms with E-state index in [1.807, 2.05) is 61.5 Å². The number of hydrogen-bond donors (Lipinski definition) is 1. The summed E-state index contributed by atoms with van der Waals surface area (Å²) in [5.41, 5.74) is 2.88. The van der Waals surface area contributed by atoms with Crippen LogP contribution in [0.1, 0.15) is 42.4 Å². The molecule has 4 rings (SSSR count). The molecule has 1 atom stereocenters. The largest absolute Gasteiger partial charge is 0.352 e. The molecule has 1 N–H and O–H groups in total. The number of rotatable bonds is 11. The number of nitrogens with zero attached hydrogens (tertiary/aromatic N) is 2. The van der Waals surface area contributed by atoms with Gasteiger partial charge in [-0.05, 0) is 55.2 Å². The van der Waals surface area contributed by atoms with Crippen LogP contribution in [0.3, 0.4) is 0 Å². The minimum absolute atomic E-state index is 0.0495. The Morgan fingerprint density at radius 3 is 2.23 bits per heavy atom. The van der Waals surface area contributed by atoms with Crippen molar-refractivity contribution in [1.29, 1.82) is 0 Å². The normalized spacial score (nSPS) is 14.5. The third-order valence-corrected chi connectivity index (χ3v) is 8.34. The number of carbonyl (C=O) groups is 2. The zero-order valence-corrected chi connectivity index (χ0v) is 23.7. The quantitative estimate of drug-likeness (QED) is 0.368. The predicted molar refractivity (Wildman–Crippen MR) is 155 cm³/mol. The van der Waals surface area contributed by atoms with Crippen molar-refractivity contribution in [3.05, 3.63) is 101 Å². The van der Waals surface area contributed by atoms with E-state index in [9.17, 15) is 22.4 Å². The number of carbonyl (C=O) groups excluding carboxylic acids is 2. The fourth-order valence-electron chi connectivity index (χ4n) is 5.15. The fourth-order valence-corrected chi connectivity index (χ4v) is 6.00. The van der Waals surface area contributed by atoms with Gasteiger partial charge in [0.05, 0.1) is 11.9 Å². The summed E-state index contributed by atoms with van der Waals surface area (Å²) in [5.74, 6) is -1.31. The molecule has 0 heterocycles. The zero-order chi connectivity index (χ0) is 28.7. The second-order valence-corrected chi connectivity index (χ2v) is 12.4. The molecule has 0 saturated heterocycles. The molecule has 1 aliphatic rings. The molecule has 0 unspecified atom stereocenters. The highest BCUT2D eigenvalue weighted by Gasteiger charge is 2.34. The predicted octanol–water partition coefficient (Wildman–Crippen LogP) is 4.60. The second-order valence-electron chi connectivity index (χ2n) is 10.5. The average Bonchev–Trinajstić information content (AvgIpc) is 3.43. The standard InChI is InChI=1S/C31H36FN3O4S/c1-23-9-8-12-25(19-23)21-34(30(36)22-35(40(2,38)39)28-17-15-26(32)16-18-28)29(20-24-10-4-3-5-11-24)31(37)33-27-13-6-7-14-27/h3-5,8-12,15-19,27,29H,6-7,13-14,20-22H2,1-2H3,(H,33,37)/t29-/m1/s1. The van der Waals surface area contributed by atoms with Crippen LogP contribution in [-0.2, 0) is 32.6 Å². The number of hydrogen-bond acceptors (Lipinski definition) is 4. The molecule has 1 fully saturated rings. The fraction of sp³-hybridized carbons (Fsp3) is 0.355. The molecule has 0 aromatic heterocycles. The first-order valence-corrected chi connectivity index (χ1v) is 15.4. The van der Waals surface area contributed by atoms with Crippen LogP contribution >= 0.6 is 0 Å². The minimum atomic E-state index is -3.90. The Balaban J connectivity index is 1.72. The topological polar surface area (TPSA) is 86.8 Å². The monoisotopic (exact) mass is 565 g/mol. The molecule has 0 spiro atoms. The summed E-state index contributed by atoms with van der Waals surface area (Å²) in [7, 11) is -3.90. The molecular weight excluding hydrogens is 529 g/mol. The first kappa shape index (κ1) is 29.3. The van der Waals surface area contributed by atoms with Crippen LogP contribution in [0.4, 0.5) is 10.1 Å². The van der Waals surface area contributed by atoms with Gasteiger partial charge in [0.1, 0.15) is 18.4 Å². The molecule has 1 saturated carbocycles. The van der Waals surface area contributed by atoms with Crippen LogP contribution in [0.2, 0.25) is 0 Å². The number of aryl methyl sites for hydroxylation is 1. The van der Waals surface area contributed by atoms with Crippen LogP contribution < -0.4 is 9.62 Å². The van der Waals surface area contributed by atoms with E-state index < -0.39 is 34.3 Å². The van der Waals surface area contributed by atoms with E-state index in [2.05, 4.69) is 5.32 Å². The van der Waals surface area contributed by atoms with Gasteiger partial charge < -0.3 is 10.2 Å². The number of sulfonamides is 1. The maximum absolute atomic E-state index is 14.1. The van der Waals surface area contributed by atoms with E-state index >= 15 is 0 Å². The third-order valence-electron chi connectivity index (χ3n) is 7.20. The van der Waals surface area contributed by atoms with Crippen LogP contribution in [-0.4, -0.2) is 50.0 Å². The van der Waals surface area contributed by atoms with Crippen LogP contribution in [0.25, 0.3) is 0 Å². The molecule has 9 heteroatoms. The van der Waals surface area contributed by atoms with Gasteiger partial charge in [0.2, 0.25) is 21.8 Å². The van der Waals surface area contributed by atoms with Gasteiger partial charge in [0, 0.05) is 19.0 Å². The Morgan fingerprint density at radius 2 is 1.60 bits per heavy atom. The van der Waals surface area contributed by atoms with Crippen molar-refractivity contribution < 1.29 is 22.4 Å². The Hall–Kier alpha value is -3.72. The lowest BCUT2D eigenvalue weighted by Crippen LogP contribution is -2.54. The molecule has 3 aromatic carbocycles. The maximum atomic E-state index is 14.1. The second kappa shape index (κ2) is 13.1. The van der Waals surface area contributed by atoms with Crippen LogP contribution in [0, 0.1) is 12.7 Å². The van der Waals surface area contributed by atoms with Crippen LogP contribution in [0.15, 0.2) is 78.9 Å². The van der Waals surface area contributed by atoms with Gasteiger partial charge in [-0.2, -0.15) is 0 Å². The Morgan fingerprint density at radius 1 is 0.950 bits per heavy atom. The SMILES string of the molecule is Cc1cccc(CN(C(=O)CN(c2ccc(F)cc2)S(C)(=O)=O)[C@H](Cc2ccccc2)C(=O)NC2CCCC2)c1. The van der Waals surface area contributed by atoms with Gasteiger partial charge in [0.25, 0.3) is 0 Å². The van der Waals surface area contributed by atoms with Gasteiger partial charge in [-0.15, -0.1) is 0 Å². The lowest BCUT2D eigenvalue weighted by molar-refractivity contribution is -0.140. The van der Waals surface area contributed by atoms with Crippen molar-refractivity contribution in [1.82, 2.24) is 10.2 Å². The molecule has 0 radical (unpaired) electrons. The van der Waals surface area contributed by atoms with E-state index in [-0.39, 0.29) is 30.6 Å². The van der Waals surface area contributed by atoms with Gasteiger partial charge in [0.15, 0.2) is 0 Å². The summed E-state index contributed by atoms with van der Waals surface area (Å²) in [5, 5.41) is 3.15. The van der Waals surface area contributed by atoms with Crippen molar-refractivity contribution in [2.24, 2.45) is 0 Å². The van der Waals surface area contributed by atoms with Crippen molar-refractivity contribution in [3.63, 3.8) is 0 Å². The van der Waals surface area contributed by atoms with Crippen molar-refractivity contribution in [2.75, 3.05) is 17.1 Å². The molecular formula is C31H36FN3O4S. The van der Waals surface area contributed by atoms with E-state index in [0.29, 0.717) is 0 Å². The summed E-state index contributed by atoms with van der Waals surface area (Å²) >= 11 is 0. The molecule has 0 aliphatic heterocycles. The number of anilines is 1. The van der Waals surface area contributed by atoms with E-state index in [1.54, 1.807) is 0 Å². The minimum Gasteiger partial charge on any atom is -0.352 e. The molecule has 0 bridgehead atoms. The van der Waals surface area contributed by atoms with Crippen molar-refractivity contribution in [2.45, 2.75) is 57.7 Å². The Labute approximate surface area is 236 Å². The van der Waals surface area contributed by atoms with E-state index in [0.717, 1.165) is 65.1 Å². The summed E-state index contributed by atoms with van der Waals surface area (Å²) in [6.45, 7) is 1.54. The van der Waals surface area contributed by atoms with Crippen LogP contribution in [0.5, 0.6) is 0 Å². The number of halogens is 1. The molecule has 3 aromatic rings. The van der Waals surface area contributed by atoms with Crippen molar-refractivity contribution in [3.8, 4) is 0 Å². The van der Waals surface area contributed by atoms with Gasteiger partial charge in [-0.25, -0.2) is 12.8 Å². The van der Waals surface area contributed by atoms with E-state index in [4.69, 9.17) is 0 Å². The molecule has 1 aliphatic carbocycles. The number of benzene rings is 3. The third kappa shape index (κ3) is 7.91. The van der Waals surface area contributed by atoms with Gasteiger partial charge in [-0.1, -0.05) is 73.0 Å². The first-order valence-electron chi connectivity index (χ1n) is 13.5. The highest BCUT2D eigenvalue weighted by molar-refractivity contribution is 7.92. The first-order chi connectivity index (χ1) is 19.1. The lowest BCUT2D eigenvalue weighted by atomic mass is 10.0. The highest BCUT2D eigenvalue weighted by Crippen LogP contribution is 2.22. The van der Waals surface area contributed by atoms with Crippen molar-refractivity contribution >= 4 is 27.5 Å². The maximum Gasteiger partial charge on any atom is 0.244 e. The molecule has 40 heavy (non-hydrogen) atoms. The summed E-state index contributed by atoms with van der Waals surface area (Å²) in [6.07, 6.45) is 5.14. The number of amides is 2. The lowest BCUT2D eigenvalue weighted by Gasteiger charge is -2.34. The Bertz CT molecular complexity index is 1410. The van der Waals surface area contributed by atoms with Gasteiger partial charge in [-0.3, -0.25) is 13.9 Å².